The minimum Gasteiger partial charge on any atom is -0.380 e. The second-order valence-electron chi connectivity index (χ2n) is 5.45. The van der Waals surface area contributed by atoms with Gasteiger partial charge in [0.25, 0.3) is 5.91 Å². The van der Waals surface area contributed by atoms with Gasteiger partial charge in [-0.2, -0.15) is 0 Å². The molecule has 110 valence electrons. The van der Waals surface area contributed by atoms with Crippen molar-refractivity contribution in [2.45, 2.75) is 39.3 Å². The summed E-state index contributed by atoms with van der Waals surface area (Å²) in [4.78, 5) is 12.2. The molecule has 1 amide bonds. The summed E-state index contributed by atoms with van der Waals surface area (Å²) < 4.78 is 5.15. The summed E-state index contributed by atoms with van der Waals surface area (Å²) in [5, 5.41) is 10.3. The number of rotatable bonds is 5. The standard InChI is InChI=1S/C16H19N3O2/c1-10-14(11(2)21-19-10)9-17-15-6-4-3-5-13(15)16(20)18-12-7-8-12/h3-6,12,17H,7-9H2,1-2H3,(H,18,20). The van der Waals surface area contributed by atoms with Gasteiger partial charge in [-0.3, -0.25) is 4.79 Å². The largest absolute Gasteiger partial charge is 0.380 e. The van der Waals surface area contributed by atoms with E-state index in [1.807, 2.05) is 38.1 Å². The third-order valence-electron chi connectivity index (χ3n) is 3.72. The maximum Gasteiger partial charge on any atom is 0.253 e. The van der Waals surface area contributed by atoms with Crippen molar-refractivity contribution in [2.75, 3.05) is 5.32 Å². The van der Waals surface area contributed by atoms with Gasteiger partial charge < -0.3 is 15.2 Å². The Morgan fingerprint density at radius 1 is 1.33 bits per heavy atom. The minimum atomic E-state index is -0.0145. The first-order valence-electron chi connectivity index (χ1n) is 7.20. The third-order valence-corrected chi connectivity index (χ3v) is 3.72. The molecule has 1 fully saturated rings. The molecule has 2 aromatic rings. The first-order valence-corrected chi connectivity index (χ1v) is 7.20. The van der Waals surface area contributed by atoms with Gasteiger partial charge >= 0.3 is 0 Å². The number of anilines is 1. The number of benzene rings is 1. The number of nitrogens with one attached hydrogen (secondary N) is 2. The van der Waals surface area contributed by atoms with Crippen molar-refractivity contribution in [2.24, 2.45) is 0 Å². The molecule has 0 radical (unpaired) electrons. The molecular weight excluding hydrogens is 266 g/mol. The Morgan fingerprint density at radius 2 is 2.10 bits per heavy atom. The fraction of sp³-hybridized carbons (Fsp3) is 0.375. The van der Waals surface area contributed by atoms with Crippen molar-refractivity contribution in [1.29, 1.82) is 0 Å². The molecule has 0 bridgehead atoms. The summed E-state index contributed by atoms with van der Waals surface area (Å²) in [6.07, 6.45) is 2.17. The molecule has 0 atom stereocenters. The van der Waals surface area contributed by atoms with Crippen molar-refractivity contribution in [3.8, 4) is 0 Å². The molecule has 0 unspecified atom stereocenters. The van der Waals surface area contributed by atoms with Gasteiger partial charge in [0, 0.05) is 23.8 Å². The maximum absolute atomic E-state index is 12.2. The molecule has 0 saturated heterocycles. The van der Waals surface area contributed by atoms with E-state index < -0.39 is 0 Å². The van der Waals surface area contributed by atoms with E-state index in [1.54, 1.807) is 0 Å². The lowest BCUT2D eigenvalue weighted by atomic mass is 10.1. The van der Waals surface area contributed by atoms with E-state index >= 15 is 0 Å². The fourth-order valence-electron chi connectivity index (χ4n) is 2.26. The second-order valence-corrected chi connectivity index (χ2v) is 5.45. The number of carbonyl (C=O) groups excluding carboxylic acids is 1. The topological polar surface area (TPSA) is 67.2 Å². The highest BCUT2D eigenvalue weighted by Crippen LogP contribution is 2.22. The van der Waals surface area contributed by atoms with Crippen LogP contribution in [0.1, 0.15) is 40.2 Å². The SMILES string of the molecule is Cc1noc(C)c1CNc1ccccc1C(=O)NC1CC1. The number of hydrogen-bond donors (Lipinski definition) is 2. The molecule has 1 saturated carbocycles. The predicted octanol–water partition coefficient (Wildman–Crippen LogP) is 2.80. The number of aromatic nitrogens is 1. The number of amides is 1. The summed E-state index contributed by atoms with van der Waals surface area (Å²) >= 11 is 0. The van der Waals surface area contributed by atoms with Gasteiger partial charge in [-0.1, -0.05) is 17.3 Å². The Kier molecular flexibility index (Phi) is 3.64. The van der Waals surface area contributed by atoms with E-state index in [1.165, 1.54) is 0 Å². The predicted molar refractivity (Wildman–Crippen MR) is 80.2 cm³/mol. The van der Waals surface area contributed by atoms with E-state index in [0.717, 1.165) is 35.5 Å². The molecule has 5 nitrogen and oxygen atoms in total. The number of hydrogen-bond acceptors (Lipinski definition) is 4. The van der Waals surface area contributed by atoms with Crippen LogP contribution < -0.4 is 10.6 Å². The van der Waals surface area contributed by atoms with E-state index in [-0.39, 0.29) is 5.91 Å². The van der Waals surface area contributed by atoms with Crippen molar-refractivity contribution < 1.29 is 9.32 Å². The highest BCUT2D eigenvalue weighted by Gasteiger charge is 2.24. The van der Waals surface area contributed by atoms with Crippen molar-refractivity contribution >= 4 is 11.6 Å². The van der Waals surface area contributed by atoms with Gasteiger partial charge in [0.05, 0.1) is 11.3 Å². The van der Waals surface area contributed by atoms with Crippen LogP contribution in [0.2, 0.25) is 0 Å². The molecule has 1 heterocycles. The summed E-state index contributed by atoms with van der Waals surface area (Å²) in [6, 6.07) is 7.91. The third kappa shape index (κ3) is 3.07. The van der Waals surface area contributed by atoms with Crippen LogP contribution >= 0.6 is 0 Å². The number of aryl methyl sites for hydroxylation is 2. The van der Waals surface area contributed by atoms with Crippen LogP contribution in [0, 0.1) is 13.8 Å². The summed E-state index contributed by atoms with van der Waals surface area (Å²) in [5.41, 5.74) is 3.42. The number of nitrogens with zero attached hydrogens (tertiary/aromatic N) is 1. The van der Waals surface area contributed by atoms with Crippen LogP contribution in [0.3, 0.4) is 0 Å². The molecule has 1 aliphatic carbocycles. The first kappa shape index (κ1) is 13.7. The zero-order valence-electron chi connectivity index (χ0n) is 12.3. The Bertz CT molecular complexity index is 640. The average molecular weight is 285 g/mol. The normalized spacial score (nSPS) is 14.0. The Morgan fingerprint density at radius 3 is 2.76 bits per heavy atom. The quantitative estimate of drug-likeness (QED) is 0.886. The molecular formula is C16H19N3O2. The van der Waals surface area contributed by atoms with Gasteiger partial charge in [-0.25, -0.2) is 0 Å². The van der Waals surface area contributed by atoms with Crippen LogP contribution in [-0.2, 0) is 6.54 Å². The highest BCUT2D eigenvalue weighted by atomic mass is 16.5. The van der Waals surface area contributed by atoms with E-state index in [9.17, 15) is 4.79 Å². The molecule has 0 spiro atoms. The number of carbonyl (C=O) groups is 1. The molecule has 21 heavy (non-hydrogen) atoms. The van der Waals surface area contributed by atoms with Crippen molar-refractivity contribution in [1.82, 2.24) is 10.5 Å². The Hall–Kier alpha value is -2.30. The molecule has 5 heteroatoms. The molecule has 2 N–H and O–H groups in total. The van der Waals surface area contributed by atoms with Gasteiger partial charge in [0.2, 0.25) is 0 Å². The first-order chi connectivity index (χ1) is 10.1. The lowest BCUT2D eigenvalue weighted by Gasteiger charge is -2.12. The van der Waals surface area contributed by atoms with Crippen LogP contribution in [0.5, 0.6) is 0 Å². The number of para-hydroxylation sites is 1. The van der Waals surface area contributed by atoms with Gasteiger partial charge in [0.1, 0.15) is 5.76 Å². The van der Waals surface area contributed by atoms with Gasteiger partial charge in [-0.05, 0) is 38.8 Å². The van der Waals surface area contributed by atoms with Gasteiger partial charge in [0.15, 0.2) is 0 Å². The lowest BCUT2D eigenvalue weighted by molar-refractivity contribution is 0.0952. The van der Waals surface area contributed by atoms with Crippen molar-refractivity contribution in [3.63, 3.8) is 0 Å². The Balaban J connectivity index is 1.74. The smallest absolute Gasteiger partial charge is 0.253 e. The molecule has 1 aromatic heterocycles. The zero-order valence-corrected chi connectivity index (χ0v) is 12.3. The average Bonchev–Trinajstić information content (AvgIpc) is 3.23. The Labute approximate surface area is 123 Å². The maximum atomic E-state index is 12.2. The summed E-state index contributed by atoms with van der Waals surface area (Å²) in [5.74, 6) is 0.791. The van der Waals surface area contributed by atoms with Crippen LogP contribution in [0.4, 0.5) is 5.69 Å². The molecule has 3 rings (SSSR count). The van der Waals surface area contributed by atoms with Crippen LogP contribution in [-0.4, -0.2) is 17.1 Å². The fourth-order valence-corrected chi connectivity index (χ4v) is 2.26. The van der Waals surface area contributed by atoms with Gasteiger partial charge in [-0.15, -0.1) is 0 Å². The minimum absolute atomic E-state index is 0.0145. The van der Waals surface area contributed by atoms with E-state index in [2.05, 4.69) is 15.8 Å². The lowest BCUT2D eigenvalue weighted by Crippen LogP contribution is -2.26. The molecule has 1 aliphatic rings. The zero-order chi connectivity index (χ0) is 14.8. The molecule has 0 aliphatic heterocycles. The highest BCUT2D eigenvalue weighted by molar-refractivity contribution is 5.99. The second kappa shape index (κ2) is 5.60. The van der Waals surface area contributed by atoms with Crippen LogP contribution in [0.25, 0.3) is 0 Å². The van der Waals surface area contributed by atoms with E-state index in [0.29, 0.717) is 18.2 Å². The van der Waals surface area contributed by atoms with Crippen LogP contribution in [0.15, 0.2) is 28.8 Å². The molecule has 1 aromatic carbocycles. The van der Waals surface area contributed by atoms with E-state index in [4.69, 9.17) is 4.52 Å². The summed E-state index contributed by atoms with van der Waals surface area (Å²) in [6.45, 7) is 4.40. The summed E-state index contributed by atoms with van der Waals surface area (Å²) in [7, 11) is 0. The van der Waals surface area contributed by atoms with Crippen molar-refractivity contribution in [3.05, 3.63) is 46.8 Å². The monoisotopic (exact) mass is 285 g/mol.